The van der Waals surface area contributed by atoms with Crippen molar-refractivity contribution in [3.8, 4) is 11.1 Å². The molecule has 0 aromatic heterocycles. The van der Waals surface area contributed by atoms with Crippen molar-refractivity contribution in [3.63, 3.8) is 0 Å². The minimum atomic E-state index is -0.577. The van der Waals surface area contributed by atoms with Crippen molar-refractivity contribution in [1.29, 1.82) is 0 Å². The number of ketones is 1. The van der Waals surface area contributed by atoms with Gasteiger partial charge in [0.25, 0.3) is 5.91 Å². The SMILES string of the molecule is CC(=O)c1cccc(NC(=O)COC(=O)c2ccc(-c3ccccc3)cc2)c1. The van der Waals surface area contributed by atoms with Crippen molar-refractivity contribution in [2.24, 2.45) is 0 Å². The van der Waals surface area contributed by atoms with Crippen molar-refractivity contribution in [3.05, 3.63) is 90.0 Å². The van der Waals surface area contributed by atoms with Crippen LogP contribution in [0.5, 0.6) is 0 Å². The van der Waals surface area contributed by atoms with Gasteiger partial charge in [0.2, 0.25) is 0 Å². The van der Waals surface area contributed by atoms with Crippen LogP contribution in [-0.4, -0.2) is 24.3 Å². The van der Waals surface area contributed by atoms with Crippen molar-refractivity contribution in [2.75, 3.05) is 11.9 Å². The van der Waals surface area contributed by atoms with Gasteiger partial charge in [0.05, 0.1) is 5.56 Å². The largest absolute Gasteiger partial charge is 0.452 e. The highest BCUT2D eigenvalue weighted by atomic mass is 16.5. The number of anilines is 1. The van der Waals surface area contributed by atoms with E-state index in [9.17, 15) is 14.4 Å². The third-order valence-electron chi connectivity index (χ3n) is 4.11. The summed E-state index contributed by atoms with van der Waals surface area (Å²) in [6, 6.07) is 23.4. The predicted octanol–water partition coefficient (Wildman–Crippen LogP) is 4.35. The van der Waals surface area contributed by atoms with E-state index < -0.39 is 18.5 Å². The van der Waals surface area contributed by atoms with Crippen molar-refractivity contribution in [1.82, 2.24) is 0 Å². The molecular formula is C23H19NO4. The Kier molecular flexibility index (Phi) is 5.97. The molecule has 0 aliphatic carbocycles. The Morgan fingerprint density at radius 3 is 2.14 bits per heavy atom. The third kappa shape index (κ3) is 4.92. The standard InChI is InChI=1S/C23H19NO4/c1-16(25)20-8-5-9-21(14-20)24-22(26)15-28-23(27)19-12-10-18(11-13-19)17-6-3-2-4-7-17/h2-14H,15H2,1H3,(H,24,26). The molecule has 5 heteroatoms. The van der Waals surface area contributed by atoms with Crippen molar-refractivity contribution in [2.45, 2.75) is 6.92 Å². The van der Waals surface area contributed by atoms with E-state index in [0.717, 1.165) is 11.1 Å². The molecule has 0 spiro atoms. The van der Waals surface area contributed by atoms with E-state index in [0.29, 0.717) is 16.8 Å². The fourth-order valence-corrected chi connectivity index (χ4v) is 2.66. The van der Waals surface area contributed by atoms with Crippen LogP contribution in [0, 0.1) is 0 Å². The number of hydrogen-bond acceptors (Lipinski definition) is 4. The van der Waals surface area contributed by atoms with E-state index in [1.807, 2.05) is 42.5 Å². The summed E-state index contributed by atoms with van der Waals surface area (Å²) in [5.74, 6) is -1.15. The van der Waals surface area contributed by atoms with E-state index in [4.69, 9.17) is 4.74 Å². The van der Waals surface area contributed by atoms with Crippen LogP contribution in [0.3, 0.4) is 0 Å². The molecule has 0 aliphatic rings. The molecule has 0 fully saturated rings. The second kappa shape index (κ2) is 8.77. The maximum atomic E-state index is 12.1. The molecule has 3 aromatic carbocycles. The monoisotopic (exact) mass is 373 g/mol. The molecule has 1 amide bonds. The summed E-state index contributed by atoms with van der Waals surface area (Å²) < 4.78 is 5.07. The summed E-state index contributed by atoms with van der Waals surface area (Å²) in [4.78, 5) is 35.5. The lowest BCUT2D eigenvalue weighted by atomic mass is 10.0. The zero-order chi connectivity index (χ0) is 19.9. The maximum absolute atomic E-state index is 12.1. The lowest BCUT2D eigenvalue weighted by Crippen LogP contribution is -2.21. The lowest BCUT2D eigenvalue weighted by molar-refractivity contribution is -0.119. The van der Waals surface area contributed by atoms with Gasteiger partial charge in [0.15, 0.2) is 12.4 Å². The van der Waals surface area contributed by atoms with E-state index in [1.54, 1.807) is 36.4 Å². The lowest BCUT2D eigenvalue weighted by Gasteiger charge is -2.08. The number of benzene rings is 3. The van der Waals surface area contributed by atoms with Crippen LogP contribution in [0.15, 0.2) is 78.9 Å². The van der Waals surface area contributed by atoms with E-state index in [1.165, 1.54) is 6.92 Å². The Bertz CT molecular complexity index is 995. The summed E-state index contributed by atoms with van der Waals surface area (Å²) >= 11 is 0. The highest BCUT2D eigenvalue weighted by molar-refractivity contribution is 5.98. The second-order valence-corrected chi connectivity index (χ2v) is 6.20. The summed E-state index contributed by atoms with van der Waals surface area (Å²) in [7, 11) is 0. The van der Waals surface area contributed by atoms with Crippen LogP contribution in [0.4, 0.5) is 5.69 Å². The number of rotatable bonds is 6. The molecule has 3 rings (SSSR count). The fraction of sp³-hybridized carbons (Fsp3) is 0.0870. The Hall–Kier alpha value is -3.73. The van der Waals surface area contributed by atoms with Gasteiger partial charge in [-0.05, 0) is 42.3 Å². The smallest absolute Gasteiger partial charge is 0.338 e. The minimum absolute atomic E-state index is 0.0959. The Balaban J connectivity index is 1.55. The quantitative estimate of drug-likeness (QED) is 0.515. The number of carbonyl (C=O) groups is 3. The number of nitrogens with one attached hydrogen (secondary N) is 1. The van der Waals surface area contributed by atoms with Crippen LogP contribution in [0.25, 0.3) is 11.1 Å². The van der Waals surface area contributed by atoms with Crippen LogP contribution >= 0.6 is 0 Å². The summed E-state index contributed by atoms with van der Waals surface area (Å²) in [6.45, 7) is 1.04. The molecule has 0 saturated heterocycles. The number of amides is 1. The fourth-order valence-electron chi connectivity index (χ4n) is 2.66. The van der Waals surface area contributed by atoms with Gasteiger partial charge in [-0.1, -0.05) is 54.6 Å². The highest BCUT2D eigenvalue weighted by Crippen LogP contribution is 2.19. The number of esters is 1. The Morgan fingerprint density at radius 1 is 0.786 bits per heavy atom. The van der Waals surface area contributed by atoms with Gasteiger partial charge < -0.3 is 10.1 Å². The average Bonchev–Trinajstić information content (AvgIpc) is 2.73. The summed E-state index contributed by atoms with van der Waals surface area (Å²) in [5, 5.41) is 2.61. The predicted molar refractivity (Wildman–Crippen MR) is 107 cm³/mol. The highest BCUT2D eigenvalue weighted by Gasteiger charge is 2.11. The van der Waals surface area contributed by atoms with Crippen molar-refractivity contribution < 1.29 is 19.1 Å². The zero-order valence-electron chi connectivity index (χ0n) is 15.3. The molecule has 3 aromatic rings. The van der Waals surface area contributed by atoms with Crippen molar-refractivity contribution >= 4 is 23.3 Å². The molecule has 28 heavy (non-hydrogen) atoms. The topological polar surface area (TPSA) is 72.5 Å². The van der Waals surface area contributed by atoms with Gasteiger partial charge in [-0.25, -0.2) is 4.79 Å². The molecule has 140 valence electrons. The molecule has 0 radical (unpaired) electrons. The van der Waals surface area contributed by atoms with E-state index >= 15 is 0 Å². The maximum Gasteiger partial charge on any atom is 0.338 e. The number of Topliss-reactive ketones (excluding diaryl/α,β-unsaturated/α-hetero) is 1. The number of hydrogen-bond donors (Lipinski definition) is 1. The van der Waals surface area contributed by atoms with Crippen LogP contribution in [0.2, 0.25) is 0 Å². The second-order valence-electron chi connectivity index (χ2n) is 6.20. The third-order valence-corrected chi connectivity index (χ3v) is 4.11. The van der Waals surface area contributed by atoms with E-state index in [2.05, 4.69) is 5.32 Å². The number of ether oxygens (including phenoxy) is 1. The van der Waals surface area contributed by atoms with Gasteiger partial charge in [-0.15, -0.1) is 0 Å². The first-order valence-corrected chi connectivity index (χ1v) is 8.76. The molecule has 0 heterocycles. The van der Waals surface area contributed by atoms with Crippen LogP contribution in [0.1, 0.15) is 27.6 Å². The minimum Gasteiger partial charge on any atom is -0.452 e. The first-order valence-electron chi connectivity index (χ1n) is 8.76. The molecule has 5 nitrogen and oxygen atoms in total. The summed E-state index contributed by atoms with van der Waals surface area (Å²) in [5.41, 5.74) is 3.37. The van der Waals surface area contributed by atoms with Gasteiger partial charge in [-0.2, -0.15) is 0 Å². The molecule has 0 aliphatic heterocycles. The zero-order valence-corrected chi connectivity index (χ0v) is 15.3. The normalized spacial score (nSPS) is 10.2. The first-order chi connectivity index (χ1) is 13.5. The molecule has 0 unspecified atom stereocenters. The average molecular weight is 373 g/mol. The molecule has 1 N–H and O–H groups in total. The summed E-state index contributed by atoms with van der Waals surface area (Å²) in [6.07, 6.45) is 0. The molecule has 0 atom stereocenters. The van der Waals surface area contributed by atoms with Crippen LogP contribution < -0.4 is 5.32 Å². The molecule has 0 bridgehead atoms. The van der Waals surface area contributed by atoms with E-state index in [-0.39, 0.29) is 5.78 Å². The van der Waals surface area contributed by atoms with Gasteiger partial charge >= 0.3 is 5.97 Å². The number of carbonyl (C=O) groups excluding carboxylic acids is 3. The van der Waals surface area contributed by atoms with Gasteiger partial charge in [0, 0.05) is 11.3 Å². The Labute approximate surface area is 163 Å². The van der Waals surface area contributed by atoms with Crippen LogP contribution in [-0.2, 0) is 9.53 Å². The van der Waals surface area contributed by atoms with Gasteiger partial charge in [0.1, 0.15) is 0 Å². The first kappa shape index (κ1) is 19.0. The molecular weight excluding hydrogens is 354 g/mol. The Morgan fingerprint density at radius 2 is 1.46 bits per heavy atom. The molecule has 0 saturated carbocycles. The van der Waals surface area contributed by atoms with Gasteiger partial charge in [-0.3, -0.25) is 9.59 Å².